The van der Waals surface area contributed by atoms with Crippen molar-refractivity contribution in [2.75, 3.05) is 20.1 Å². The summed E-state index contributed by atoms with van der Waals surface area (Å²) in [6.07, 6.45) is 1.11. The fourth-order valence-corrected chi connectivity index (χ4v) is 2.29. The molecule has 104 valence electrons. The van der Waals surface area contributed by atoms with Crippen LogP contribution in [0.3, 0.4) is 0 Å². The molecule has 1 heterocycles. The van der Waals surface area contributed by atoms with Crippen molar-refractivity contribution < 1.29 is 0 Å². The molecule has 0 amide bonds. The van der Waals surface area contributed by atoms with E-state index >= 15 is 0 Å². The number of nitrogens with zero attached hydrogens (tertiary/aromatic N) is 2. The molecule has 5 heteroatoms. The van der Waals surface area contributed by atoms with Gasteiger partial charge in [-0.15, -0.1) is 0 Å². The Balaban J connectivity index is 2.09. The molecule has 0 fully saturated rings. The van der Waals surface area contributed by atoms with Crippen molar-refractivity contribution in [1.82, 2.24) is 19.8 Å². The van der Waals surface area contributed by atoms with Gasteiger partial charge in [-0.1, -0.05) is 6.07 Å². The number of benzene rings is 1. The molecule has 1 aromatic carbocycles. The molecule has 2 rings (SSSR count). The number of aromatic nitrogens is 2. The van der Waals surface area contributed by atoms with Crippen LogP contribution in [0.1, 0.15) is 12.0 Å². The Hall–Kier alpha value is -1.59. The van der Waals surface area contributed by atoms with Crippen LogP contribution in [0.4, 0.5) is 0 Å². The van der Waals surface area contributed by atoms with Crippen molar-refractivity contribution in [3.8, 4) is 0 Å². The maximum atomic E-state index is 11.8. The predicted octanol–water partition coefficient (Wildman–Crippen LogP) is 0.576. The van der Waals surface area contributed by atoms with Gasteiger partial charge in [0, 0.05) is 20.6 Å². The van der Waals surface area contributed by atoms with Crippen LogP contribution >= 0.6 is 0 Å². The summed E-state index contributed by atoms with van der Waals surface area (Å²) < 4.78 is 3.37. The van der Waals surface area contributed by atoms with Crippen molar-refractivity contribution in [2.45, 2.75) is 13.0 Å². The Bertz CT molecular complexity index is 612. The maximum absolute atomic E-state index is 11.8. The van der Waals surface area contributed by atoms with E-state index in [-0.39, 0.29) is 5.69 Å². The Kier molecular flexibility index (Phi) is 4.39. The standard InChI is InChI=1S/C14H22N4O/c1-15-7-4-8-16-10-11-5-6-12-13(9-11)18(3)14(19)17(12)2/h5-6,9,15-16H,4,7-8,10H2,1-3H3. The van der Waals surface area contributed by atoms with Crippen molar-refractivity contribution in [3.05, 3.63) is 34.2 Å². The van der Waals surface area contributed by atoms with Gasteiger partial charge in [-0.05, 0) is 44.3 Å². The normalized spacial score (nSPS) is 11.3. The number of fused-ring (bicyclic) bond motifs is 1. The number of aryl methyl sites for hydroxylation is 2. The third kappa shape index (κ3) is 2.88. The van der Waals surface area contributed by atoms with E-state index in [1.165, 1.54) is 5.56 Å². The molecule has 0 atom stereocenters. The molecule has 0 aliphatic heterocycles. The molecule has 1 aromatic heterocycles. The first kappa shape index (κ1) is 13.8. The lowest BCUT2D eigenvalue weighted by Gasteiger charge is -2.05. The summed E-state index contributed by atoms with van der Waals surface area (Å²) in [4.78, 5) is 11.8. The summed E-state index contributed by atoms with van der Waals surface area (Å²) in [5, 5.41) is 6.53. The summed E-state index contributed by atoms with van der Waals surface area (Å²) >= 11 is 0. The molecule has 0 saturated carbocycles. The van der Waals surface area contributed by atoms with E-state index in [1.54, 1.807) is 16.2 Å². The second kappa shape index (κ2) is 6.04. The molecule has 0 bridgehead atoms. The van der Waals surface area contributed by atoms with Gasteiger partial charge in [-0.25, -0.2) is 4.79 Å². The van der Waals surface area contributed by atoms with E-state index in [0.717, 1.165) is 37.1 Å². The average Bonchev–Trinajstić information content (AvgIpc) is 2.64. The molecular weight excluding hydrogens is 240 g/mol. The highest BCUT2D eigenvalue weighted by Crippen LogP contribution is 2.13. The van der Waals surface area contributed by atoms with Crippen LogP contribution in [-0.4, -0.2) is 29.3 Å². The molecule has 0 aliphatic rings. The maximum Gasteiger partial charge on any atom is 0.328 e. The number of hydrogen-bond donors (Lipinski definition) is 2. The molecule has 19 heavy (non-hydrogen) atoms. The van der Waals surface area contributed by atoms with E-state index in [1.807, 2.05) is 20.2 Å². The number of hydrogen-bond acceptors (Lipinski definition) is 3. The highest BCUT2D eigenvalue weighted by molar-refractivity contribution is 5.76. The first-order valence-corrected chi connectivity index (χ1v) is 6.65. The first-order valence-electron chi connectivity index (χ1n) is 6.65. The van der Waals surface area contributed by atoms with Gasteiger partial charge in [0.15, 0.2) is 0 Å². The van der Waals surface area contributed by atoms with Crippen LogP contribution in [-0.2, 0) is 20.6 Å². The van der Waals surface area contributed by atoms with Crippen LogP contribution in [0.5, 0.6) is 0 Å². The molecule has 0 spiro atoms. The van der Waals surface area contributed by atoms with Gasteiger partial charge in [-0.2, -0.15) is 0 Å². The summed E-state index contributed by atoms with van der Waals surface area (Å²) in [6, 6.07) is 6.18. The van der Waals surface area contributed by atoms with E-state index in [9.17, 15) is 4.79 Å². The minimum absolute atomic E-state index is 0.0223. The number of imidazole rings is 1. The lowest BCUT2D eigenvalue weighted by Crippen LogP contribution is -2.19. The largest absolute Gasteiger partial charge is 0.328 e. The Morgan fingerprint density at radius 2 is 1.84 bits per heavy atom. The molecular formula is C14H22N4O. The Morgan fingerprint density at radius 1 is 1.11 bits per heavy atom. The number of nitrogens with one attached hydrogen (secondary N) is 2. The minimum atomic E-state index is 0.0223. The van der Waals surface area contributed by atoms with Crippen molar-refractivity contribution in [1.29, 1.82) is 0 Å². The van der Waals surface area contributed by atoms with Crippen LogP contribution in [0, 0.1) is 0 Å². The van der Waals surface area contributed by atoms with Gasteiger partial charge in [0.25, 0.3) is 0 Å². The second-order valence-corrected chi connectivity index (χ2v) is 4.86. The van der Waals surface area contributed by atoms with E-state index in [4.69, 9.17) is 0 Å². The van der Waals surface area contributed by atoms with Crippen LogP contribution < -0.4 is 16.3 Å². The Morgan fingerprint density at radius 3 is 2.58 bits per heavy atom. The fourth-order valence-electron chi connectivity index (χ4n) is 2.29. The summed E-state index contributed by atoms with van der Waals surface area (Å²) in [6.45, 7) is 2.86. The van der Waals surface area contributed by atoms with E-state index < -0.39 is 0 Å². The monoisotopic (exact) mass is 262 g/mol. The van der Waals surface area contributed by atoms with E-state index in [0.29, 0.717) is 0 Å². The van der Waals surface area contributed by atoms with E-state index in [2.05, 4.69) is 22.8 Å². The summed E-state index contributed by atoms with van der Waals surface area (Å²) in [5.74, 6) is 0. The molecule has 0 saturated heterocycles. The molecule has 2 N–H and O–H groups in total. The highest BCUT2D eigenvalue weighted by Gasteiger charge is 2.07. The third-order valence-electron chi connectivity index (χ3n) is 3.45. The topological polar surface area (TPSA) is 51.0 Å². The number of rotatable bonds is 6. The van der Waals surface area contributed by atoms with Gasteiger partial charge in [0.2, 0.25) is 0 Å². The first-order chi connectivity index (χ1) is 9.15. The van der Waals surface area contributed by atoms with Gasteiger partial charge >= 0.3 is 5.69 Å². The van der Waals surface area contributed by atoms with Gasteiger partial charge < -0.3 is 10.6 Å². The molecule has 0 unspecified atom stereocenters. The minimum Gasteiger partial charge on any atom is -0.320 e. The quantitative estimate of drug-likeness (QED) is 0.749. The third-order valence-corrected chi connectivity index (χ3v) is 3.45. The zero-order valence-electron chi connectivity index (χ0n) is 11.9. The van der Waals surface area contributed by atoms with Gasteiger partial charge in [-0.3, -0.25) is 9.13 Å². The molecule has 0 radical (unpaired) electrons. The molecule has 0 aliphatic carbocycles. The molecule has 5 nitrogen and oxygen atoms in total. The highest BCUT2D eigenvalue weighted by atomic mass is 16.1. The van der Waals surface area contributed by atoms with Crippen LogP contribution in [0.2, 0.25) is 0 Å². The Labute approximate surface area is 113 Å². The van der Waals surface area contributed by atoms with Crippen molar-refractivity contribution in [3.63, 3.8) is 0 Å². The summed E-state index contributed by atoms with van der Waals surface area (Å²) in [5.41, 5.74) is 3.20. The predicted molar refractivity (Wildman–Crippen MR) is 78.4 cm³/mol. The van der Waals surface area contributed by atoms with Crippen molar-refractivity contribution in [2.24, 2.45) is 14.1 Å². The summed E-state index contributed by atoms with van der Waals surface area (Å²) in [7, 11) is 5.58. The molecule has 2 aromatic rings. The van der Waals surface area contributed by atoms with Crippen LogP contribution in [0.15, 0.2) is 23.0 Å². The van der Waals surface area contributed by atoms with Gasteiger partial charge in [0.05, 0.1) is 11.0 Å². The van der Waals surface area contributed by atoms with Gasteiger partial charge in [0.1, 0.15) is 0 Å². The lowest BCUT2D eigenvalue weighted by molar-refractivity contribution is 0.625. The smallest absolute Gasteiger partial charge is 0.320 e. The second-order valence-electron chi connectivity index (χ2n) is 4.86. The zero-order chi connectivity index (χ0) is 13.8. The SMILES string of the molecule is CNCCCNCc1ccc2c(c1)n(C)c(=O)n2C. The van der Waals surface area contributed by atoms with Crippen molar-refractivity contribution >= 4 is 11.0 Å². The fraction of sp³-hybridized carbons (Fsp3) is 0.500. The average molecular weight is 262 g/mol. The van der Waals surface area contributed by atoms with Crippen LogP contribution in [0.25, 0.3) is 11.0 Å². The lowest BCUT2D eigenvalue weighted by atomic mass is 10.2. The zero-order valence-corrected chi connectivity index (χ0v) is 11.9.